The molecule has 1 aliphatic rings. The van der Waals surface area contributed by atoms with Crippen molar-refractivity contribution in [1.29, 1.82) is 0 Å². The van der Waals surface area contributed by atoms with Gasteiger partial charge >= 0.3 is 0 Å². The number of amides is 1. The number of hydrogen-bond donors (Lipinski definition) is 0. The van der Waals surface area contributed by atoms with Crippen LogP contribution in [0.3, 0.4) is 0 Å². The van der Waals surface area contributed by atoms with Gasteiger partial charge in [-0.05, 0) is 60.4 Å². The maximum absolute atomic E-state index is 13.4. The van der Waals surface area contributed by atoms with Crippen molar-refractivity contribution in [3.8, 4) is 17.2 Å². The first-order valence-electron chi connectivity index (χ1n) is 11.7. The minimum atomic E-state index is -0.576. The number of carbonyl (C=O) groups excluding carboxylic acids is 1. The third-order valence-electron chi connectivity index (χ3n) is 6.49. The van der Waals surface area contributed by atoms with E-state index in [-0.39, 0.29) is 24.1 Å². The maximum atomic E-state index is 13.4. The molecule has 4 aromatic rings. The molecule has 0 bridgehead atoms. The van der Waals surface area contributed by atoms with E-state index in [1.807, 2.05) is 23.1 Å². The van der Waals surface area contributed by atoms with Gasteiger partial charge in [-0.3, -0.25) is 4.79 Å². The minimum absolute atomic E-state index is 0.0104. The van der Waals surface area contributed by atoms with E-state index >= 15 is 0 Å². The summed E-state index contributed by atoms with van der Waals surface area (Å²) in [6.45, 7) is 0.634. The van der Waals surface area contributed by atoms with Gasteiger partial charge in [-0.1, -0.05) is 24.3 Å². The van der Waals surface area contributed by atoms with E-state index in [0.717, 1.165) is 29.7 Å². The van der Waals surface area contributed by atoms with E-state index in [1.165, 1.54) is 12.1 Å². The Morgan fingerprint density at radius 2 is 1.63 bits per heavy atom. The second-order valence-electron chi connectivity index (χ2n) is 8.66. The van der Waals surface area contributed by atoms with E-state index in [2.05, 4.69) is 9.97 Å². The van der Waals surface area contributed by atoms with E-state index < -0.39 is 6.67 Å². The molecule has 35 heavy (non-hydrogen) atoms. The van der Waals surface area contributed by atoms with Crippen LogP contribution >= 0.6 is 0 Å². The number of benzene rings is 2. The van der Waals surface area contributed by atoms with Crippen molar-refractivity contribution in [3.05, 3.63) is 95.7 Å². The van der Waals surface area contributed by atoms with Crippen LogP contribution in [0.5, 0.6) is 0 Å². The van der Waals surface area contributed by atoms with Crippen LogP contribution < -0.4 is 0 Å². The lowest BCUT2D eigenvalue weighted by molar-refractivity contribution is -0.131. The van der Waals surface area contributed by atoms with Crippen molar-refractivity contribution < 1.29 is 13.6 Å². The predicted molar refractivity (Wildman–Crippen MR) is 128 cm³/mol. The largest absolute Gasteiger partial charge is 0.342 e. The Hall–Kier alpha value is -3.94. The molecule has 0 radical (unpaired) electrons. The standard InChI is InChI=1S/C27H25F2N5O/c28-18-22-5-2-1-4-21(22)16-26(35)33-14-10-20(11-15-33)25-17-24(19-6-8-23(29)9-7-19)32-34(25)27-30-12-3-13-31-27/h1-9,12-13,17,20H,10-11,14-16,18H2. The first-order chi connectivity index (χ1) is 17.1. The smallest absolute Gasteiger partial charge is 0.250 e. The van der Waals surface area contributed by atoms with Gasteiger partial charge in [0.05, 0.1) is 17.8 Å². The predicted octanol–water partition coefficient (Wildman–Crippen LogP) is 4.89. The highest BCUT2D eigenvalue weighted by atomic mass is 19.1. The monoisotopic (exact) mass is 473 g/mol. The van der Waals surface area contributed by atoms with Gasteiger partial charge in [-0.25, -0.2) is 23.4 Å². The van der Waals surface area contributed by atoms with Crippen molar-refractivity contribution in [2.24, 2.45) is 0 Å². The molecule has 0 unspecified atom stereocenters. The fourth-order valence-electron chi connectivity index (χ4n) is 4.57. The van der Waals surface area contributed by atoms with E-state index in [9.17, 15) is 13.6 Å². The lowest BCUT2D eigenvalue weighted by Crippen LogP contribution is -2.39. The summed E-state index contributed by atoms with van der Waals surface area (Å²) in [5.74, 6) is 0.335. The topological polar surface area (TPSA) is 63.9 Å². The Labute approximate surface area is 202 Å². The Morgan fingerprint density at radius 3 is 2.31 bits per heavy atom. The van der Waals surface area contributed by atoms with Crippen LogP contribution in [0.25, 0.3) is 17.2 Å². The molecular formula is C27H25F2N5O. The zero-order chi connectivity index (χ0) is 24.2. The number of carbonyl (C=O) groups is 1. The lowest BCUT2D eigenvalue weighted by Gasteiger charge is -2.32. The number of likely N-dealkylation sites (tertiary alicyclic amines) is 1. The summed E-state index contributed by atoms with van der Waals surface area (Å²) in [6.07, 6.45) is 5.06. The molecule has 2 aromatic heterocycles. The fraction of sp³-hybridized carbons (Fsp3) is 0.259. The summed E-state index contributed by atoms with van der Waals surface area (Å²) < 4.78 is 28.5. The van der Waals surface area contributed by atoms with E-state index in [4.69, 9.17) is 5.10 Å². The molecule has 0 saturated carbocycles. The molecule has 0 aliphatic carbocycles. The second kappa shape index (κ2) is 10.1. The normalized spacial score (nSPS) is 14.3. The van der Waals surface area contributed by atoms with Crippen LogP contribution in [0.4, 0.5) is 8.78 Å². The summed E-state index contributed by atoms with van der Waals surface area (Å²) in [5.41, 5.74) is 3.79. The number of alkyl halides is 1. The summed E-state index contributed by atoms with van der Waals surface area (Å²) in [7, 11) is 0. The molecule has 8 heteroatoms. The average Bonchev–Trinajstić information content (AvgIpc) is 3.35. The van der Waals surface area contributed by atoms with Gasteiger partial charge in [0.2, 0.25) is 5.91 Å². The van der Waals surface area contributed by atoms with E-state index in [0.29, 0.717) is 30.3 Å². The molecule has 1 aliphatic heterocycles. The molecule has 0 spiro atoms. The number of piperidine rings is 1. The number of nitrogens with zero attached hydrogens (tertiary/aromatic N) is 5. The Balaban J connectivity index is 1.35. The average molecular weight is 474 g/mol. The zero-order valence-corrected chi connectivity index (χ0v) is 19.1. The van der Waals surface area contributed by atoms with Gasteiger partial charge in [-0.2, -0.15) is 5.10 Å². The Bertz CT molecular complexity index is 1300. The second-order valence-corrected chi connectivity index (χ2v) is 8.66. The first-order valence-corrected chi connectivity index (χ1v) is 11.7. The van der Waals surface area contributed by atoms with Crippen LogP contribution in [0.15, 0.2) is 73.1 Å². The van der Waals surface area contributed by atoms with Crippen LogP contribution in [-0.4, -0.2) is 43.6 Å². The van der Waals surface area contributed by atoms with Gasteiger partial charge in [0, 0.05) is 37.0 Å². The molecule has 6 nitrogen and oxygen atoms in total. The Morgan fingerprint density at radius 1 is 0.943 bits per heavy atom. The minimum Gasteiger partial charge on any atom is -0.342 e. The maximum Gasteiger partial charge on any atom is 0.250 e. The zero-order valence-electron chi connectivity index (χ0n) is 19.1. The molecule has 1 fully saturated rings. The molecule has 1 amide bonds. The lowest BCUT2D eigenvalue weighted by atomic mass is 9.92. The van der Waals surface area contributed by atoms with Gasteiger partial charge in [-0.15, -0.1) is 0 Å². The van der Waals surface area contributed by atoms with Crippen molar-refractivity contribution >= 4 is 5.91 Å². The summed E-state index contributed by atoms with van der Waals surface area (Å²) >= 11 is 0. The van der Waals surface area contributed by atoms with Crippen LogP contribution in [0, 0.1) is 5.82 Å². The summed E-state index contributed by atoms with van der Waals surface area (Å²) in [6, 6.07) is 17.1. The van der Waals surface area contributed by atoms with Gasteiger partial charge in [0.1, 0.15) is 12.5 Å². The molecule has 178 valence electrons. The molecule has 0 N–H and O–H groups in total. The van der Waals surface area contributed by atoms with Crippen molar-refractivity contribution in [2.45, 2.75) is 31.9 Å². The van der Waals surface area contributed by atoms with Crippen LogP contribution in [-0.2, 0) is 17.9 Å². The first kappa shape index (κ1) is 22.8. The van der Waals surface area contributed by atoms with Gasteiger partial charge < -0.3 is 4.90 Å². The van der Waals surface area contributed by atoms with Crippen molar-refractivity contribution in [1.82, 2.24) is 24.6 Å². The van der Waals surface area contributed by atoms with Crippen molar-refractivity contribution in [3.63, 3.8) is 0 Å². The number of rotatable bonds is 6. The summed E-state index contributed by atoms with van der Waals surface area (Å²) in [4.78, 5) is 23.5. The van der Waals surface area contributed by atoms with Crippen LogP contribution in [0.2, 0.25) is 0 Å². The third-order valence-corrected chi connectivity index (χ3v) is 6.49. The number of halogens is 2. The fourth-order valence-corrected chi connectivity index (χ4v) is 4.57. The highest BCUT2D eigenvalue weighted by Gasteiger charge is 2.28. The van der Waals surface area contributed by atoms with Gasteiger partial charge in [0.25, 0.3) is 5.95 Å². The van der Waals surface area contributed by atoms with Crippen molar-refractivity contribution in [2.75, 3.05) is 13.1 Å². The highest BCUT2D eigenvalue weighted by Crippen LogP contribution is 2.32. The molecular weight excluding hydrogens is 448 g/mol. The third kappa shape index (κ3) is 4.96. The Kier molecular flexibility index (Phi) is 6.61. The molecule has 1 saturated heterocycles. The van der Waals surface area contributed by atoms with Crippen LogP contribution in [0.1, 0.15) is 35.6 Å². The molecule has 3 heterocycles. The molecule has 5 rings (SSSR count). The number of hydrogen-bond acceptors (Lipinski definition) is 4. The highest BCUT2D eigenvalue weighted by molar-refractivity contribution is 5.79. The quantitative estimate of drug-likeness (QED) is 0.400. The SMILES string of the molecule is O=C(Cc1ccccc1CF)N1CCC(c2cc(-c3ccc(F)cc3)nn2-c2ncccn2)CC1. The summed E-state index contributed by atoms with van der Waals surface area (Å²) in [5, 5.41) is 4.74. The molecule has 2 aromatic carbocycles. The number of aromatic nitrogens is 4. The van der Waals surface area contributed by atoms with Gasteiger partial charge in [0.15, 0.2) is 0 Å². The van der Waals surface area contributed by atoms with E-state index in [1.54, 1.807) is 47.4 Å². The molecule has 0 atom stereocenters.